The van der Waals surface area contributed by atoms with Gasteiger partial charge in [-0.15, -0.1) is 0 Å². The number of nitrogens with one attached hydrogen (secondary N) is 1. The van der Waals surface area contributed by atoms with Crippen LogP contribution in [-0.4, -0.2) is 41.6 Å². The average molecular weight is 487 g/mol. The first kappa shape index (κ1) is 24.3. The molecule has 2 amide bonds. The van der Waals surface area contributed by atoms with E-state index in [0.29, 0.717) is 16.9 Å². The maximum Gasteiger partial charge on any atom is 0.338 e. The number of esters is 1. The first-order valence-corrected chi connectivity index (χ1v) is 11.0. The minimum absolute atomic E-state index is 0.00265. The molecule has 1 aliphatic heterocycles. The van der Waals surface area contributed by atoms with Crippen LogP contribution in [0.5, 0.6) is 0 Å². The molecule has 0 saturated carbocycles. The Labute approximate surface area is 205 Å². The Bertz CT molecular complexity index is 1310. The van der Waals surface area contributed by atoms with Crippen LogP contribution in [0.4, 0.5) is 17.1 Å². The lowest BCUT2D eigenvalue weighted by molar-refractivity contribution is -0.384. The molecule has 0 aromatic heterocycles. The molecule has 1 atom stereocenters. The summed E-state index contributed by atoms with van der Waals surface area (Å²) in [6.45, 7) is -0.245. The van der Waals surface area contributed by atoms with Crippen molar-refractivity contribution < 1.29 is 28.8 Å². The molecule has 1 saturated heterocycles. The van der Waals surface area contributed by atoms with Crippen LogP contribution in [0.15, 0.2) is 78.9 Å². The molecule has 10 heteroatoms. The normalized spacial score (nSPS) is 14.8. The number of nitro benzene ring substituents is 1. The molecule has 1 fully saturated rings. The van der Waals surface area contributed by atoms with Gasteiger partial charge in [0.2, 0.25) is 11.8 Å². The number of anilines is 2. The fourth-order valence-corrected chi connectivity index (χ4v) is 3.74. The van der Waals surface area contributed by atoms with Crippen LogP contribution in [0.2, 0.25) is 0 Å². The molecule has 1 heterocycles. The molecule has 3 aromatic rings. The van der Waals surface area contributed by atoms with Crippen molar-refractivity contribution in [2.75, 3.05) is 23.4 Å². The maximum atomic E-state index is 12.7. The van der Waals surface area contributed by atoms with Gasteiger partial charge in [0.25, 0.3) is 5.69 Å². The van der Waals surface area contributed by atoms with Gasteiger partial charge in [-0.3, -0.25) is 24.5 Å². The highest BCUT2D eigenvalue weighted by atomic mass is 16.6. The van der Waals surface area contributed by atoms with Crippen molar-refractivity contribution in [1.82, 2.24) is 0 Å². The summed E-state index contributed by atoms with van der Waals surface area (Å²) >= 11 is 0. The molecule has 0 radical (unpaired) electrons. The van der Waals surface area contributed by atoms with Crippen molar-refractivity contribution in [2.45, 2.75) is 6.42 Å². The third-order valence-corrected chi connectivity index (χ3v) is 5.69. The number of benzene rings is 3. The summed E-state index contributed by atoms with van der Waals surface area (Å²) in [6, 6.07) is 20.0. The number of non-ortho nitro benzene ring substituents is 1. The van der Waals surface area contributed by atoms with Crippen molar-refractivity contribution >= 4 is 40.6 Å². The number of Topliss-reactive ketones (excluding diaryl/α,β-unsaturated/α-hetero) is 1. The number of ketones is 1. The van der Waals surface area contributed by atoms with Gasteiger partial charge in [-0.05, 0) is 36.4 Å². The van der Waals surface area contributed by atoms with E-state index >= 15 is 0 Å². The summed E-state index contributed by atoms with van der Waals surface area (Å²) in [4.78, 5) is 61.2. The molecular weight excluding hydrogens is 466 g/mol. The molecule has 1 aliphatic rings. The van der Waals surface area contributed by atoms with Crippen LogP contribution in [-0.2, 0) is 14.3 Å². The average Bonchev–Trinajstić information content (AvgIpc) is 3.29. The third kappa shape index (κ3) is 5.61. The van der Waals surface area contributed by atoms with Crippen LogP contribution in [0.25, 0.3) is 0 Å². The number of nitrogens with zero attached hydrogens (tertiary/aromatic N) is 2. The van der Waals surface area contributed by atoms with E-state index in [9.17, 15) is 29.3 Å². The van der Waals surface area contributed by atoms with Gasteiger partial charge < -0.3 is 15.0 Å². The molecule has 0 unspecified atom stereocenters. The smallest absolute Gasteiger partial charge is 0.338 e. The van der Waals surface area contributed by atoms with E-state index in [2.05, 4.69) is 5.32 Å². The minimum Gasteiger partial charge on any atom is -0.454 e. The highest BCUT2D eigenvalue weighted by Gasteiger charge is 2.35. The van der Waals surface area contributed by atoms with Gasteiger partial charge in [0.1, 0.15) is 0 Å². The lowest BCUT2D eigenvalue weighted by Crippen LogP contribution is -2.28. The fourth-order valence-electron chi connectivity index (χ4n) is 3.74. The van der Waals surface area contributed by atoms with Crippen molar-refractivity contribution in [3.8, 4) is 0 Å². The lowest BCUT2D eigenvalue weighted by Gasteiger charge is -2.16. The van der Waals surface area contributed by atoms with Gasteiger partial charge in [-0.25, -0.2) is 4.79 Å². The van der Waals surface area contributed by atoms with Crippen molar-refractivity contribution in [3.05, 3.63) is 100 Å². The molecule has 0 spiro atoms. The predicted molar refractivity (Wildman–Crippen MR) is 130 cm³/mol. The molecule has 0 aliphatic carbocycles. The number of ether oxygens (including phenoxy) is 1. The number of hydrogen-bond donors (Lipinski definition) is 1. The Morgan fingerprint density at radius 3 is 2.25 bits per heavy atom. The Balaban J connectivity index is 1.30. The minimum atomic E-state index is -0.669. The van der Waals surface area contributed by atoms with Gasteiger partial charge >= 0.3 is 5.97 Å². The van der Waals surface area contributed by atoms with Gasteiger partial charge in [-0.2, -0.15) is 0 Å². The largest absolute Gasteiger partial charge is 0.454 e. The quantitative estimate of drug-likeness (QED) is 0.222. The Hall–Kier alpha value is -4.86. The van der Waals surface area contributed by atoms with Gasteiger partial charge in [0.05, 0.1) is 16.4 Å². The molecule has 182 valence electrons. The van der Waals surface area contributed by atoms with E-state index in [1.54, 1.807) is 30.3 Å². The number of carbonyl (C=O) groups is 4. The fraction of sp³-hybridized carbons (Fsp3) is 0.154. The zero-order valence-corrected chi connectivity index (χ0v) is 19.0. The van der Waals surface area contributed by atoms with Crippen LogP contribution in [0.3, 0.4) is 0 Å². The summed E-state index contributed by atoms with van der Waals surface area (Å²) in [5, 5.41) is 13.5. The van der Waals surface area contributed by atoms with E-state index < -0.39 is 16.8 Å². The number of carbonyl (C=O) groups excluding carboxylic acids is 4. The van der Waals surface area contributed by atoms with Crippen molar-refractivity contribution in [2.24, 2.45) is 5.92 Å². The highest BCUT2D eigenvalue weighted by Crippen LogP contribution is 2.27. The van der Waals surface area contributed by atoms with Gasteiger partial charge in [0, 0.05) is 42.0 Å². The standard InChI is InChI=1S/C26H21N3O7/c30-23(17-4-2-1-3-5-17)16-36-26(33)18-6-8-20(9-7-18)27-25(32)19-14-24(31)28(15-19)21-10-12-22(13-11-21)29(34)35/h1-13,19H,14-16H2,(H,27,32)/t19-/m0/s1. The van der Waals surface area contributed by atoms with E-state index in [1.165, 1.54) is 53.4 Å². The van der Waals surface area contributed by atoms with Gasteiger partial charge in [0.15, 0.2) is 12.4 Å². The topological polar surface area (TPSA) is 136 Å². The molecule has 36 heavy (non-hydrogen) atoms. The predicted octanol–water partition coefficient (Wildman–Crippen LogP) is 3.63. The zero-order chi connectivity index (χ0) is 25.7. The second-order valence-electron chi connectivity index (χ2n) is 8.11. The summed E-state index contributed by atoms with van der Waals surface area (Å²) in [6.07, 6.45) is 0.00265. The number of rotatable bonds is 8. The summed E-state index contributed by atoms with van der Waals surface area (Å²) in [5.41, 5.74) is 1.48. The van der Waals surface area contributed by atoms with Crippen molar-refractivity contribution in [3.63, 3.8) is 0 Å². The molecule has 1 N–H and O–H groups in total. The van der Waals surface area contributed by atoms with Gasteiger partial charge in [-0.1, -0.05) is 30.3 Å². The maximum absolute atomic E-state index is 12.7. The summed E-state index contributed by atoms with van der Waals surface area (Å²) < 4.78 is 5.08. The molecule has 0 bridgehead atoms. The molecular formula is C26H21N3O7. The SMILES string of the molecule is O=C(COC(=O)c1ccc(NC(=O)[C@H]2CC(=O)N(c3ccc([N+](=O)[O-])cc3)C2)cc1)c1ccccc1. The zero-order valence-electron chi connectivity index (χ0n) is 19.0. The second-order valence-corrected chi connectivity index (χ2v) is 8.11. The van der Waals surface area contributed by atoms with E-state index in [0.717, 1.165) is 0 Å². The number of hydrogen-bond acceptors (Lipinski definition) is 7. The van der Waals surface area contributed by atoms with E-state index in [4.69, 9.17) is 4.74 Å². The lowest BCUT2D eigenvalue weighted by atomic mass is 10.1. The molecule has 3 aromatic carbocycles. The second kappa shape index (κ2) is 10.6. The Morgan fingerprint density at radius 1 is 0.944 bits per heavy atom. The monoisotopic (exact) mass is 487 g/mol. The Kier molecular flexibility index (Phi) is 7.15. The first-order chi connectivity index (χ1) is 17.3. The van der Waals surface area contributed by atoms with Crippen molar-refractivity contribution in [1.29, 1.82) is 0 Å². The van der Waals surface area contributed by atoms with E-state index in [-0.39, 0.29) is 48.4 Å². The summed E-state index contributed by atoms with van der Waals surface area (Å²) in [5.74, 6) is -2.22. The Morgan fingerprint density at radius 2 is 1.61 bits per heavy atom. The van der Waals surface area contributed by atoms with Crippen LogP contribution >= 0.6 is 0 Å². The molecule has 4 rings (SSSR count). The number of amides is 2. The van der Waals surface area contributed by atoms with Crippen LogP contribution in [0, 0.1) is 16.0 Å². The third-order valence-electron chi connectivity index (χ3n) is 5.69. The highest BCUT2D eigenvalue weighted by molar-refractivity contribution is 6.04. The number of nitro groups is 1. The molecule has 10 nitrogen and oxygen atoms in total. The van der Waals surface area contributed by atoms with Crippen LogP contribution < -0.4 is 10.2 Å². The first-order valence-electron chi connectivity index (χ1n) is 11.0. The summed E-state index contributed by atoms with van der Waals surface area (Å²) in [7, 11) is 0. The van der Waals surface area contributed by atoms with E-state index in [1.807, 2.05) is 0 Å². The van der Waals surface area contributed by atoms with Crippen LogP contribution in [0.1, 0.15) is 27.1 Å².